The number of halogens is 1. The molecule has 2 aromatic heterocycles. The van der Waals surface area contributed by atoms with Gasteiger partial charge in [0.15, 0.2) is 5.82 Å². The normalized spacial score (nSPS) is 10.8. The second kappa shape index (κ2) is 8.05. The molecule has 1 amide bonds. The molecule has 0 radical (unpaired) electrons. The van der Waals surface area contributed by atoms with Crippen LogP contribution in [0.5, 0.6) is 0 Å². The van der Waals surface area contributed by atoms with Gasteiger partial charge in [0, 0.05) is 24.1 Å². The Morgan fingerprint density at radius 3 is 2.72 bits per heavy atom. The first-order chi connectivity index (χ1) is 14.1. The van der Waals surface area contributed by atoms with Gasteiger partial charge in [-0.25, -0.2) is 4.39 Å². The number of benzene rings is 2. The zero-order valence-corrected chi connectivity index (χ0v) is 15.7. The highest BCUT2D eigenvalue weighted by Crippen LogP contribution is 2.23. The van der Waals surface area contributed by atoms with Crippen molar-refractivity contribution in [2.24, 2.45) is 0 Å². The standard InChI is InChI=1S/C21H18FN5O2/c1-14-24-25-26-27(14)19-13-16(7-10-18(19)22)23-21(28)12-9-17-8-11-20(29-17)15-5-3-2-4-6-15/h2-8,10-11,13H,9,12H2,1H3,(H,23,28). The molecule has 4 rings (SSSR count). The summed E-state index contributed by atoms with van der Waals surface area (Å²) in [7, 11) is 0. The van der Waals surface area contributed by atoms with Crippen molar-refractivity contribution in [3.63, 3.8) is 0 Å². The lowest BCUT2D eigenvalue weighted by atomic mass is 10.2. The van der Waals surface area contributed by atoms with Crippen LogP contribution in [0.1, 0.15) is 18.0 Å². The van der Waals surface area contributed by atoms with E-state index < -0.39 is 5.82 Å². The van der Waals surface area contributed by atoms with Gasteiger partial charge in [0.2, 0.25) is 5.91 Å². The van der Waals surface area contributed by atoms with Crippen LogP contribution in [-0.2, 0) is 11.2 Å². The number of amides is 1. The predicted molar refractivity (Wildman–Crippen MR) is 105 cm³/mol. The molecule has 0 bridgehead atoms. The lowest BCUT2D eigenvalue weighted by molar-refractivity contribution is -0.116. The molecule has 8 heteroatoms. The lowest BCUT2D eigenvalue weighted by Gasteiger charge is -2.08. The highest BCUT2D eigenvalue weighted by molar-refractivity contribution is 5.91. The van der Waals surface area contributed by atoms with E-state index in [4.69, 9.17) is 4.42 Å². The highest BCUT2D eigenvalue weighted by atomic mass is 19.1. The number of nitrogens with one attached hydrogen (secondary N) is 1. The van der Waals surface area contributed by atoms with Gasteiger partial charge in [0.1, 0.15) is 23.0 Å². The zero-order valence-electron chi connectivity index (χ0n) is 15.7. The third-order valence-electron chi connectivity index (χ3n) is 4.40. The van der Waals surface area contributed by atoms with Crippen molar-refractivity contribution in [3.8, 4) is 17.0 Å². The van der Waals surface area contributed by atoms with E-state index in [0.29, 0.717) is 17.9 Å². The molecule has 0 saturated carbocycles. The predicted octanol–water partition coefficient (Wildman–Crippen LogP) is 3.94. The first kappa shape index (κ1) is 18.5. The van der Waals surface area contributed by atoms with Crippen molar-refractivity contribution in [2.45, 2.75) is 19.8 Å². The maximum Gasteiger partial charge on any atom is 0.224 e. The second-order valence-corrected chi connectivity index (χ2v) is 6.48. The fourth-order valence-electron chi connectivity index (χ4n) is 2.94. The van der Waals surface area contributed by atoms with Crippen LogP contribution in [0.25, 0.3) is 17.0 Å². The van der Waals surface area contributed by atoms with Gasteiger partial charge in [-0.15, -0.1) is 5.10 Å². The maximum absolute atomic E-state index is 14.1. The molecule has 0 fully saturated rings. The molecule has 7 nitrogen and oxygen atoms in total. The van der Waals surface area contributed by atoms with Crippen LogP contribution in [0.3, 0.4) is 0 Å². The number of anilines is 1. The van der Waals surface area contributed by atoms with Gasteiger partial charge in [-0.05, 0) is 47.7 Å². The molecule has 1 N–H and O–H groups in total. The molecular weight excluding hydrogens is 373 g/mol. The Kier molecular flexibility index (Phi) is 5.15. The number of aromatic nitrogens is 4. The minimum atomic E-state index is -0.484. The van der Waals surface area contributed by atoms with E-state index in [-0.39, 0.29) is 18.0 Å². The summed E-state index contributed by atoms with van der Waals surface area (Å²) in [5, 5.41) is 13.8. The lowest BCUT2D eigenvalue weighted by Crippen LogP contribution is -2.13. The fraction of sp³-hybridized carbons (Fsp3) is 0.143. The summed E-state index contributed by atoms with van der Waals surface area (Å²) in [6.45, 7) is 1.66. The molecule has 2 heterocycles. The van der Waals surface area contributed by atoms with Crippen LogP contribution >= 0.6 is 0 Å². The topological polar surface area (TPSA) is 85.8 Å². The van der Waals surface area contributed by atoms with E-state index in [1.807, 2.05) is 42.5 Å². The number of hydrogen-bond acceptors (Lipinski definition) is 5. The fourth-order valence-corrected chi connectivity index (χ4v) is 2.94. The third-order valence-corrected chi connectivity index (χ3v) is 4.40. The smallest absolute Gasteiger partial charge is 0.224 e. The Morgan fingerprint density at radius 1 is 1.14 bits per heavy atom. The third kappa shape index (κ3) is 4.21. The molecule has 0 unspecified atom stereocenters. The van der Waals surface area contributed by atoms with Gasteiger partial charge in [-0.1, -0.05) is 30.3 Å². The SMILES string of the molecule is Cc1nnnn1-c1cc(NC(=O)CCc2ccc(-c3ccccc3)o2)ccc1F. The molecule has 0 aliphatic heterocycles. The van der Waals surface area contributed by atoms with E-state index in [1.54, 1.807) is 6.92 Å². The van der Waals surface area contributed by atoms with Crippen molar-refractivity contribution in [3.05, 3.63) is 78.1 Å². The summed E-state index contributed by atoms with van der Waals surface area (Å²) in [5.41, 5.74) is 1.62. The Labute approximate surface area is 166 Å². The Morgan fingerprint density at radius 2 is 1.97 bits per heavy atom. The molecule has 0 spiro atoms. The van der Waals surface area contributed by atoms with Crippen molar-refractivity contribution in [2.75, 3.05) is 5.32 Å². The summed E-state index contributed by atoms with van der Waals surface area (Å²) in [5.74, 6) is 1.25. The van der Waals surface area contributed by atoms with Gasteiger partial charge in [0.25, 0.3) is 0 Å². The largest absolute Gasteiger partial charge is 0.461 e. The summed E-state index contributed by atoms with van der Waals surface area (Å²) in [6, 6.07) is 17.8. The molecule has 0 aliphatic carbocycles. The van der Waals surface area contributed by atoms with Crippen LogP contribution in [0.15, 0.2) is 65.1 Å². The number of furan rings is 1. The summed E-state index contributed by atoms with van der Waals surface area (Å²) in [4.78, 5) is 12.3. The number of aryl methyl sites for hydroxylation is 2. The molecule has 29 heavy (non-hydrogen) atoms. The van der Waals surface area contributed by atoms with Crippen molar-refractivity contribution >= 4 is 11.6 Å². The summed E-state index contributed by atoms with van der Waals surface area (Å²) >= 11 is 0. The zero-order chi connectivity index (χ0) is 20.2. The average Bonchev–Trinajstić information content (AvgIpc) is 3.38. The monoisotopic (exact) mass is 391 g/mol. The molecule has 0 atom stereocenters. The Hall–Kier alpha value is -3.81. The molecule has 2 aromatic carbocycles. The van der Waals surface area contributed by atoms with E-state index in [2.05, 4.69) is 20.8 Å². The minimum Gasteiger partial charge on any atom is -0.461 e. The van der Waals surface area contributed by atoms with Crippen LogP contribution < -0.4 is 5.32 Å². The van der Waals surface area contributed by atoms with Gasteiger partial charge >= 0.3 is 0 Å². The van der Waals surface area contributed by atoms with E-state index in [9.17, 15) is 9.18 Å². The van der Waals surface area contributed by atoms with Crippen LogP contribution in [0.4, 0.5) is 10.1 Å². The molecule has 0 aliphatic rings. The first-order valence-electron chi connectivity index (χ1n) is 9.09. The maximum atomic E-state index is 14.1. The molecule has 146 valence electrons. The number of nitrogens with zero attached hydrogens (tertiary/aromatic N) is 4. The van der Waals surface area contributed by atoms with Crippen LogP contribution in [0.2, 0.25) is 0 Å². The number of tetrazole rings is 1. The average molecular weight is 391 g/mol. The second-order valence-electron chi connectivity index (χ2n) is 6.48. The van der Waals surface area contributed by atoms with E-state index in [1.165, 1.54) is 22.9 Å². The summed E-state index contributed by atoms with van der Waals surface area (Å²) in [6.07, 6.45) is 0.692. The summed E-state index contributed by atoms with van der Waals surface area (Å²) < 4.78 is 21.2. The van der Waals surface area contributed by atoms with Crippen LogP contribution in [0, 0.1) is 12.7 Å². The number of hydrogen-bond donors (Lipinski definition) is 1. The number of rotatable bonds is 6. The highest BCUT2D eigenvalue weighted by Gasteiger charge is 2.12. The van der Waals surface area contributed by atoms with Crippen molar-refractivity contribution < 1.29 is 13.6 Å². The van der Waals surface area contributed by atoms with Gasteiger partial charge in [-0.2, -0.15) is 4.68 Å². The van der Waals surface area contributed by atoms with Crippen molar-refractivity contribution in [1.29, 1.82) is 0 Å². The minimum absolute atomic E-state index is 0.170. The first-order valence-corrected chi connectivity index (χ1v) is 9.09. The van der Waals surface area contributed by atoms with Gasteiger partial charge in [0.05, 0.1) is 0 Å². The Balaban J connectivity index is 1.39. The van der Waals surface area contributed by atoms with E-state index >= 15 is 0 Å². The van der Waals surface area contributed by atoms with Gasteiger partial charge in [-0.3, -0.25) is 4.79 Å². The molecular formula is C21H18FN5O2. The quantitative estimate of drug-likeness (QED) is 0.538. The molecule has 4 aromatic rings. The number of carbonyl (C=O) groups excluding carboxylic acids is 1. The number of carbonyl (C=O) groups is 1. The Bertz CT molecular complexity index is 1140. The van der Waals surface area contributed by atoms with Crippen molar-refractivity contribution in [1.82, 2.24) is 20.2 Å². The van der Waals surface area contributed by atoms with Crippen LogP contribution in [-0.4, -0.2) is 26.1 Å². The van der Waals surface area contributed by atoms with E-state index in [0.717, 1.165) is 17.1 Å². The van der Waals surface area contributed by atoms with Gasteiger partial charge < -0.3 is 9.73 Å². The molecule has 0 saturated heterocycles.